The highest BCUT2D eigenvalue weighted by molar-refractivity contribution is 7.98. The highest BCUT2D eigenvalue weighted by Crippen LogP contribution is 2.21. The second kappa shape index (κ2) is 4.89. The summed E-state index contributed by atoms with van der Waals surface area (Å²) in [5, 5.41) is 3.18. The molecule has 0 aromatic heterocycles. The number of thioether (sulfide) groups is 1. The summed E-state index contributed by atoms with van der Waals surface area (Å²) in [6.07, 6.45) is 2.00. The lowest BCUT2D eigenvalue weighted by Crippen LogP contribution is -2.57. The summed E-state index contributed by atoms with van der Waals surface area (Å²) < 4.78 is 0. The van der Waals surface area contributed by atoms with E-state index < -0.39 is 0 Å². The third-order valence-corrected chi connectivity index (χ3v) is 3.76. The fourth-order valence-electron chi connectivity index (χ4n) is 1.72. The van der Waals surface area contributed by atoms with Crippen molar-refractivity contribution in [1.82, 2.24) is 10.2 Å². The summed E-state index contributed by atoms with van der Waals surface area (Å²) >= 11 is 1.62. The quantitative estimate of drug-likeness (QED) is 0.806. The molecule has 1 aliphatic rings. The Kier molecular flexibility index (Phi) is 3.51. The van der Waals surface area contributed by atoms with Crippen molar-refractivity contribution in [3.63, 3.8) is 0 Å². The van der Waals surface area contributed by atoms with Crippen LogP contribution in [0, 0.1) is 0 Å². The van der Waals surface area contributed by atoms with Crippen LogP contribution in [0.3, 0.4) is 0 Å². The van der Waals surface area contributed by atoms with Crippen molar-refractivity contribution in [2.75, 3.05) is 26.4 Å². The SMILES string of the molecule is CSc1ccccc1C(=O)N(C)C1CNC1. The zero-order valence-electron chi connectivity index (χ0n) is 9.56. The minimum atomic E-state index is 0.122. The number of nitrogens with one attached hydrogen (secondary N) is 1. The van der Waals surface area contributed by atoms with Crippen molar-refractivity contribution in [2.24, 2.45) is 0 Å². The molecule has 1 fully saturated rings. The molecule has 1 amide bonds. The van der Waals surface area contributed by atoms with Crippen LogP contribution >= 0.6 is 11.8 Å². The van der Waals surface area contributed by atoms with E-state index in [0.717, 1.165) is 23.5 Å². The number of carbonyl (C=O) groups is 1. The maximum atomic E-state index is 12.2. The summed E-state index contributed by atoms with van der Waals surface area (Å²) in [5.74, 6) is 0.122. The predicted molar refractivity (Wildman–Crippen MR) is 67.0 cm³/mol. The summed E-state index contributed by atoms with van der Waals surface area (Å²) in [6, 6.07) is 8.12. The first kappa shape index (κ1) is 11.5. The molecule has 1 N–H and O–H groups in total. The van der Waals surface area contributed by atoms with Gasteiger partial charge in [0, 0.05) is 25.0 Å². The molecule has 0 spiro atoms. The van der Waals surface area contributed by atoms with Gasteiger partial charge < -0.3 is 10.2 Å². The van der Waals surface area contributed by atoms with Gasteiger partial charge in [-0.15, -0.1) is 11.8 Å². The van der Waals surface area contributed by atoms with Gasteiger partial charge in [0.2, 0.25) is 0 Å². The summed E-state index contributed by atoms with van der Waals surface area (Å²) in [5.41, 5.74) is 0.810. The lowest BCUT2D eigenvalue weighted by molar-refractivity contribution is 0.0677. The zero-order chi connectivity index (χ0) is 11.5. The van der Waals surface area contributed by atoms with Crippen LogP contribution in [0.2, 0.25) is 0 Å². The first-order chi connectivity index (χ1) is 7.74. The molecule has 0 bridgehead atoms. The molecular weight excluding hydrogens is 220 g/mol. The van der Waals surface area contributed by atoms with Crippen LogP contribution in [0.15, 0.2) is 29.2 Å². The van der Waals surface area contributed by atoms with Gasteiger partial charge in [-0.1, -0.05) is 12.1 Å². The van der Waals surface area contributed by atoms with Crippen LogP contribution < -0.4 is 5.32 Å². The second-order valence-corrected chi connectivity index (χ2v) is 4.78. The van der Waals surface area contributed by atoms with E-state index in [4.69, 9.17) is 0 Å². The molecule has 2 rings (SSSR count). The molecule has 1 heterocycles. The number of amides is 1. The lowest BCUT2D eigenvalue weighted by Gasteiger charge is -2.35. The Labute approximate surface area is 100 Å². The first-order valence-electron chi connectivity index (χ1n) is 5.35. The summed E-state index contributed by atoms with van der Waals surface area (Å²) in [4.78, 5) is 15.1. The number of hydrogen-bond acceptors (Lipinski definition) is 3. The maximum absolute atomic E-state index is 12.2. The molecule has 4 heteroatoms. The number of rotatable bonds is 3. The number of carbonyl (C=O) groups excluding carboxylic acids is 1. The fraction of sp³-hybridized carbons (Fsp3) is 0.417. The lowest BCUT2D eigenvalue weighted by atomic mass is 10.1. The maximum Gasteiger partial charge on any atom is 0.255 e. The largest absolute Gasteiger partial charge is 0.336 e. The molecule has 0 aliphatic carbocycles. The monoisotopic (exact) mass is 236 g/mol. The van der Waals surface area contributed by atoms with Crippen molar-refractivity contribution in [2.45, 2.75) is 10.9 Å². The molecule has 1 saturated heterocycles. The van der Waals surface area contributed by atoms with Crippen molar-refractivity contribution in [3.8, 4) is 0 Å². The van der Waals surface area contributed by atoms with Crippen molar-refractivity contribution >= 4 is 17.7 Å². The third kappa shape index (κ3) is 2.08. The van der Waals surface area contributed by atoms with Gasteiger partial charge in [0.15, 0.2) is 0 Å². The number of hydrogen-bond donors (Lipinski definition) is 1. The summed E-state index contributed by atoms with van der Waals surface area (Å²) in [6.45, 7) is 1.81. The van der Waals surface area contributed by atoms with Gasteiger partial charge in [0.1, 0.15) is 0 Å². The Morgan fingerprint density at radius 2 is 2.12 bits per heavy atom. The average Bonchev–Trinajstić information content (AvgIpc) is 2.25. The minimum Gasteiger partial charge on any atom is -0.336 e. The van der Waals surface area contributed by atoms with Crippen LogP contribution in [0.4, 0.5) is 0 Å². The van der Waals surface area contributed by atoms with Crippen LogP contribution in [0.25, 0.3) is 0 Å². The van der Waals surface area contributed by atoms with Gasteiger partial charge >= 0.3 is 0 Å². The average molecular weight is 236 g/mol. The molecule has 0 unspecified atom stereocenters. The first-order valence-corrected chi connectivity index (χ1v) is 6.57. The van der Waals surface area contributed by atoms with Gasteiger partial charge in [-0.2, -0.15) is 0 Å². The van der Waals surface area contributed by atoms with E-state index in [9.17, 15) is 4.79 Å². The van der Waals surface area contributed by atoms with Crippen LogP contribution in [0.1, 0.15) is 10.4 Å². The van der Waals surface area contributed by atoms with Crippen LogP contribution in [-0.2, 0) is 0 Å². The number of nitrogens with zero attached hydrogens (tertiary/aromatic N) is 1. The van der Waals surface area contributed by atoms with Gasteiger partial charge in [-0.3, -0.25) is 4.79 Å². The molecular formula is C12H16N2OS. The second-order valence-electron chi connectivity index (χ2n) is 3.93. The Hall–Kier alpha value is -1.00. The molecule has 0 saturated carbocycles. The van der Waals surface area contributed by atoms with Crippen LogP contribution in [0.5, 0.6) is 0 Å². The highest BCUT2D eigenvalue weighted by Gasteiger charge is 2.26. The Balaban J connectivity index is 2.19. The smallest absolute Gasteiger partial charge is 0.255 e. The van der Waals surface area contributed by atoms with Crippen molar-refractivity contribution < 1.29 is 4.79 Å². The Bertz CT molecular complexity index is 390. The van der Waals surface area contributed by atoms with E-state index >= 15 is 0 Å². The standard InChI is InChI=1S/C12H16N2OS/c1-14(9-7-13-8-9)12(15)10-5-3-4-6-11(10)16-2/h3-6,9,13H,7-8H2,1-2H3. The molecule has 16 heavy (non-hydrogen) atoms. The number of likely N-dealkylation sites (N-methyl/N-ethyl adjacent to an activating group) is 1. The van der Waals surface area contributed by atoms with Gasteiger partial charge in [0.05, 0.1) is 11.6 Å². The molecule has 1 aromatic carbocycles. The molecule has 86 valence electrons. The van der Waals surface area contributed by atoms with Crippen molar-refractivity contribution in [3.05, 3.63) is 29.8 Å². The highest BCUT2D eigenvalue weighted by atomic mass is 32.2. The van der Waals surface area contributed by atoms with E-state index in [1.54, 1.807) is 11.8 Å². The van der Waals surface area contributed by atoms with E-state index in [2.05, 4.69) is 5.32 Å². The van der Waals surface area contributed by atoms with Gasteiger partial charge in [-0.25, -0.2) is 0 Å². The van der Waals surface area contributed by atoms with Gasteiger partial charge in [-0.05, 0) is 18.4 Å². The Morgan fingerprint density at radius 1 is 1.44 bits per heavy atom. The summed E-state index contributed by atoms with van der Waals surface area (Å²) in [7, 11) is 1.88. The van der Waals surface area contributed by atoms with Gasteiger partial charge in [0.25, 0.3) is 5.91 Å². The third-order valence-electron chi connectivity index (χ3n) is 2.97. The molecule has 1 aliphatic heterocycles. The van der Waals surface area contributed by atoms with E-state index in [0.29, 0.717) is 6.04 Å². The van der Waals surface area contributed by atoms with Crippen LogP contribution in [-0.4, -0.2) is 43.2 Å². The molecule has 0 atom stereocenters. The van der Waals surface area contributed by atoms with Crippen molar-refractivity contribution in [1.29, 1.82) is 0 Å². The Morgan fingerprint density at radius 3 is 2.69 bits per heavy atom. The minimum absolute atomic E-state index is 0.122. The molecule has 3 nitrogen and oxygen atoms in total. The fourth-order valence-corrected chi connectivity index (χ4v) is 2.31. The molecule has 1 aromatic rings. The molecule has 0 radical (unpaired) electrons. The number of benzene rings is 1. The topological polar surface area (TPSA) is 32.3 Å². The normalized spacial score (nSPS) is 15.6. The van der Waals surface area contributed by atoms with E-state index in [1.165, 1.54) is 0 Å². The van der Waals surface area contributed by atoms with E-state index in [1.807, 2.05) is 42.5 Å². The van der Waals surface area contributed by atoms with E-state index in [-0.39, 0.29) is 5.91 Å². The predicted octanol–water partition coefficient (Wildman–Crippen LogP) is 1.45. The zero-order valence-corrected chi connectivity index (χ0v) is 10.4.